The molecule has 1 radical (unpaired) electrons. The molecule has 1 aliphatic carbocycles. The van der Waals surface area contributed by atoms with E-state index in [4.69, 9.17) is 4.74 Å². The van der Waals surface area contributed by atoms with Crippen LogP contribution in [0.4, 0.5) is 0 Å². The molecule has 2 aliphatic rings. The van der Waals surface area contributed by atoms with Crippen LogP contribution in [-0.2, 0) is 9.84 Å². The third-order valence-electron chi connectivity index (χ3n) is 2.12. The van der Waals surface area contributed by atoms with E-state index in [1.807, 2.05) is 0 Å². The maximum Gasteiger partial charge on any atom is 0.0893 e. The highest BCUT2D eigenvalue weighted by Crippen LogP contribution is 2.42. The maximum atomic E-state index is 10.3. The number of hydrogen-bond acceptors (Lipinski definition) is 1. The summed E-state index contributed by atoms with van der Waals surface area (Å²) >= 11 is 0. The first-order chi connectivity index (χ1) is 3.92. The van der Waals surface area contributed by atoms with Crippen LogP contribution in [-0.4, -0.2) is 18.8 Å². The van der Waals surface area contributed by atoms with E-state index < -0.39 is 0 Å². The molecule has 1 aliphatic heterocycles. The fourth-order valence-corrected chi connectivity index (χ4v) is 1.52. The summed E-state index contributed by atoms with van der Waals surface area (Å²) in [5.74, 6) is 0.361. The lowest BCUT2D eigenvalue weighted by Gasteiger charge is -2.01. The van der Waals surface area contributed by atoms with Gasteiger partial charge in [-0.25, -0.2) is 5.11 Å². The Balaban J connectivity index is 1.97. The van der Waals surface area contributed by atoms with Crippen LogP contribution in [0.3, 0.4) is 0 Å². The van der Waals surface area contributed by atoms with Crippen molar-refractivity contribution in [1.29, 1.82) is 0 Å². The molecule has 0 spiro atoms. The van der Waals surface area contributed by atoms with Crippen LogP contribution in [0, 0.1) is 5.92 Å². The Morgan fingerprint density at radius 3 is 2.62 bits per heavy atom. The van der Waals surface area contributed by atoms with Crippen molar-refractivity contribution in [1.82, 2.24) is 0 Å². The van der Waals surface area contributed by atoms with Gasteiger partial charge < -0.3 is 4.74 Å². The van der Waals surface area contributed by atoms with Gasteiger partial charge in [-0.1, -0.05) is 0 Å². The Morgan fingerprint density at radius 1 is 1.50 bits per heavy atom. The summed E-state index contributed by atoms with van der Waals surface area (Å²) in [6.45, 7) is 0.0706. The van der Waals surface area contributed by atoms with Crippen molar-refractivity contribution in [3.8, 4) is 0 Å². The lowest BCUT2D eigenvalue weighted by Crippen LogP contribution is -2.06. The molecule has 3 atom stereocenters. The summed E-state index contributed by atoms with van der Waals surface area (Å²) < 4.78 is 5.16. The Labute approximate surface area is 48.5 Å². The number of fused-ring (bicyclic) bond motifs is 1. The molecule has 1 saturated heterocycles. The molecule has 0 bridgehead atoms. The van der Waals surface area contributed by atoms with Crippen LogP contribution in [0.2, 0.25) is 0 Å². The molecule has 0 N–H and O–H groups in total. The van der Waals surface area contributed by atoms with Gasteiger partial charge in [-0.2, -0.15) is 0 Å². The van der Waals surface area contributed by atoms with Gasteiger partial charge in [0.1, 0.15) is 0 Å². The Bertz CT molecular complexity index is 103. The molecule has 1 saturated carbocycles. The van der Waals surface area contributed by atoms with Crippen LogP contribution in [0.15, 0.2) is 0 Å². The topological polar surface area (TPSA) is 32.4 Å². The maximum absolute atomic E-state index is 10.3. The van der Waals surface area contributed by atoms with E-state index in [1.54, 1.807) is 0 Å². The highest BCUT2D eigenvalue weighted by Gasteiger charge is 2.49. The van der Waals surface area contributed by atoms with Crippen molar-refractivity contribution in [2.75, 3.05) is 6.61 Å². The number of epoxide rings is 1. The molecular weight excluding hydrogens is 104 g/mol. The summed E-state index contributed by atoms with van der Waals surface area (Å²) in [4.78, 5) is 0. The summed E-state index contributed by atoms with van der Waals surface area (Å²) in [6.07, 6.45) is 3.12. The van der Waals surface area contributed by atoms with Gasteiger partial charge in [-0.05, 0) is 12.8 Å². The van der Waals surface area contributed by atoms with Gasteiger partial charge in [-0.15, -0.1) is 0 Å². The van der Waals surface area contributed by atoms with Gasteiger partial charge >= 0.3 is 0 Å². The van der Waals surface area contributed by atoms with Crippen LogP contribution in [0.5, 0.6) is 0 Å². The number of rotatable bonds is 1. The van der Waals surface area contributed by atoms with Gasteiger partial charge in [0, 0.05) is 5.92 Å². The average Bonchev–Trinajstić information content (AvgIpc) is 2.46. The minimum absolute atomic E-state index is 0.0706. The van der Waals surface area contributed by atoms with Crippen molar-refractivity contribution in [3.63, 3.8) is 0 Å². The molecule has 1 heterocycles. The molecule has 3 unspecified atom stereocenters. The molecular formula is C6H9O2. The Morgan fingerprint density at radius 2 is 2.38 bits per heavy atom. The van der Waals surface area contributed by atoms with Crippen molar-refractivity contribution in [2.24, 2.45) is 5.92 Å². The quantitative estimate of drug-likeness (QED) is 0.458. The molecule has 2 nitrogen and oxygen atoms in total. The zero-order valence-electron chi connectivity index (χ0n) is 4.67. The fraction of sp³-hybridized carbons (Fsp3) is 1.00. The highest BCUT2D eigenvalue weighted by atomic mass is 16.6. The first kappa shape index (κ1) is 4.77. The van der Waals surface area contributed by atoms with Gasteiger partial charge in [0.25, 0.3) is 0 Å². The zero-order valence-corrected chi connectivity index (χ0v) is 4.67. The molecule has 2 heteroatoms. The van der Waals surface area contributed by atoms with Crippen LogP contribution in [0.25, 0.3) is 0 Å². The third kappa shape index (κ3) is 0.501. The molecule has 0 aromatic heterocycles. The normalized spacial score (nSPS) is 51.4. The van der Waals surface area contributed by atoms with E-state index in [9.17, 15) is 5.11 Å². The largest absolute Gasteiger partial charge is 0.369 e. The predicted molar refractivity (Wildman–Crippen MR) is 26.9 cm³/mol. The first-order valence-electron chi connectivity index (χ1n) is 3.15. The second kappa shape index (κ2) is 1.45. The molecule has 2 rings (SSSR count). The van der Waals surface area contributed by atoms with Gasteiger partial charge in [-0.3, -0.25) is 0 Å². The van der Waals surface area contributed by atoms with E-state index in [2.05, 4.69) is 0 Å². The molecule has 8 heavy (non-hydrogen) atoms. The first-order valence-corrected chi connectivity index (χ1v) is 3.15. The minimum atomic E-state index is 0.0706. The van der Waals surface area contributed by atoms with Crippen molar-refractivity contribution < 1.29 is 9.84 Å². The Kier molecular flexibility index (Phi) is 0.866. The van der Waals surface area contributed by atoms with Gasteiger partial charge in [0.15, 0.2) is 0 Å². The number of ether oxygens (including phenoxy) is 1. The second-order valence-electron chi connectivity index (χ2n) is 2.64. The SMILES string of the molecule is [O]CC1CCC2OC12. The van der Waals surface area contributed by atoms with E-state index in [0.29, 0.717) is 18.1 Å². The summed E-state index contributed by atoms with van der Waals surface area (Å²) in [5, 5.41) is 10.3. The van der Waals surface area contributed by atoms with Crippen molar-refractivity contribution in [3.05, 3.63) is 0 Å². The summed E-state index contributed by atoms with van der Waals surface area (Å²) in [7, 11) is 0. The van der Waals surface area contributed by atoms with E-state index in [1.165, 1.54) is 0 Å². The van der Waals surface area contributed by atoms with Crippen molar-refractivity contribution >= 4 is 0 Å². The van der Waals surface area contributed by atoms with Crippen LogP contribution < -0.4 is 0 Å². The van der Waals surface area contributed by atoms with Crippen LogP contribution in [0.1, 0.15) is 12.8 Å². The molecule has 45 valence electrons. The monoisotopic (exact) mass is 113 g/mol. The zero-order chi connectivity index (χ0) is 5.56. The van der Waals surface area contributed by atoms with Crippen LogP contribution >= 0.6 is 0 Å². The van der Waals surface area contributed by atoms with E-state index in [0.717, 1.165) is 12.8 Å². The lowest BCUT2D eigenvalue weighted by atomic mass is 10.1. The standard InChI is InChI=1S/C6H9O2/c7-3-4-1-2-5-6(4)8-5/h4-6H,1-3H2. The van der Waals surface area contributed by atoms with E-state index >= 15 is 0 Å². The summed E-state index contributed by atoms with van der Waals surface area (Å²) in [6, 6.07) is 0. The van der Waals surface area contributed by atoms with E-state index in [-0.39, 0.29) is 6.61 Å². The average molecular weight is 113 g/mol. The second-order valence-corrected chi connectivity index (χ2v) is 2.64. The lowest BCUT2D eigenvalue weighted by molar-refractivity contribution is 0.116. The molecule has 0 aromatic carbocycles. The minimum Gasteiger partial charge on any atom is -0.369 e. The van der Waals surface area contributed by atoms with Crippen molar-refractivity contribution in [2.45, 2.75) is 25.0 Å². The summed E-state index contributed by atoms with van der Waals surface area (Å²) in [5.41, 5.74) is 0. The fourth-order valence-electron chi connectivity index (χ4n) is 1.52. The Hall–Kier alpha value is -0.0800. The highest BCUT2D eigenvalue weighted by molar-refractivity contribution is 4.96. The molecule has 0 aromatic rings. The van der Waals surface area contributed by atoms with Gasteiger partial charge in [0.2, 0.25) is 0 Å². The number of hydrogen-bond donors (Lipinski definition) is 0. The predicted octanol–water partition coefficient (Wildman–Crippen LogP) is 0.594. The molecule has 2 fully saturated rings. The van der Waals surface area contributed by atoms with Gasteiger partial charge in [0.05, 0.1) is 18.8 Å². The molecule has 0 amide bonds. The third-order valence-corrected chi connectivity index (χ3v) is 2.12. The smallest absolute Gasteiger partial charge is 0.0893 e.